The summed E-state index contributed by atoms with van der Waals surface area (Å²) in [6, 6.07) is 19.2. The van der Waals surface area contributed by atoms with Gasteiger partial charge in [0.15, 0.2) is 6.61 Å². The highest BCUT2D eigenvalue weighted by Gasteiger charge is 2.07. The molecule has 3 aromatic rings. The number of hydrogen-bond acceptors (Lipinski definition) is 4. The van der Waals surface area contributed by atoms with Crippen molar-refractivity contribution >= 4 is 58.4 Å². The highest BCUT2D eigenvalue weighted by atomic mass is 35.5. The molecule has 5 nitrogen and oxygen atoms in total. The van der Waals surface area contributed by atoms with Crippen LogP contribution in [-0.4, -0.2) is 18.5 Å². The van der Waals surface area contributed by atoms with Crippen LogP contribution >= 0.6 is 34.8 Å². The standard InChI is InChI=1S/C24H18Cl3NO4/c25-18-11-19(26)13-20(12-18)28-23(29)15-32-24(30)10-7-16-5-8-21(9-6-16)31-14-17-3-1-2-4-22(17)27/h1-13H,14-15H2,(H,28,29)/b10-7+. The van der Waals surface area contributed by atoms with E-state index in [1.54, 1.807) is 36.4 Å². The van der Waals surface area contributed by atoms with Crippen molar-refractivity contribution in [1.29, 1.82) is 0 Å². The summed E-state index contributed by atoms with van der Waals surface area (Å²) >= 11 is 17.9. The van der Waals surface area contributed by atoms with Crippen LogP contribution in [0.3, 0.4) is 0 Å². The largest absolute Gasteiger partial charge is 0.489 e. The van der Waals surface area contributed by atoms with Crippen LogP contribution in [0.2, 0.25) is 15.1 Å². The zero-order chi connectivity index (χ0) is 22.9. The highest BCUT2D eigenvalue weighted by molar-refractivity contribution is 6.35. The number of halogens is 3. The Kier molecular flexibility index (Phi) is 8.56. The Balaban J connectivity index is 1.44. The molecule has 0 heterocycles. The van der Waals surface area contributed by atoms with Crippen LogP contribution in [0.1, 0.15) is 11.1 Å². The average Bonchev–Trinajstić information content (AvgIpc) is 2.76. The first kappa shape index (κ1) is 23.7. The molecule has 0 aliphatic heterocycles. The summed E-state index contributed by atoms with van der Waals surface area (Å²) in [4.78, 5) is 23.8. The molecule has 3 aromatic carbocycles. The smallest absolute Gasteiger partial charge is 0.331 e. The molecule has 0 saturated carbocycles. The van der Waals surface area contributed by atoms with Gasteiger partial charge in [0.2, 0.25) is 0 Å². The molecule has 0 bridgehead atoms. The first-order valence-corrected chi connectivity index (χ1v) is 10.6. The predicted octanol–water partition coefficient (Wildman–Crippen LogP) is 6.42. The third-order valence-electron chi connectivity index (χ3n) is 4.14. The van der Waals surface area contributed by atoms with Gasteiger partial charge >= 0.3 is 5.97 Å². The van der Waals surface area contributed by atoms with Gasteiger partial charge in [-0.1, -0.05) is 65.1 Å². The second-order valence-electron chi connectivity index (χ2n) is 6.60. The van der Waals surface area contributed by atoms with Gasteiger partial charge in [0.25, 0.3) is 5.91 Å². The molecule has 164 valence electrons. The van der Waals surface area contributed by atoms with Crippen LogP contribution in [0.5, 0.6) is 5.75 Å². The summed E-state index contributed by atoms with van der Waals surface area (Å²) in [6.45, 7) is -0.0905. The monoisotopic (exact) mass is 489 g/mol. The molecular weight excluding hydrogens is 473 g/mol. The molecule has 1 amide bonds. The van der Waals surface area contributed by atoms with E-state index in [0.717, 1.165) is 11.1 Å². The summed E-state index contributed by atoms with van der Waals surface area (Å²) in [5.74, 6) is -0.490. The first-order valence-electron chi connectivity index (χ1n) is 9.46. The molecule has 0 aliphatic carbocycles. The maximum Gasteiger partial charge on any atom is 0.331 e. The summed E-state index contributed by atoms with van der Waals surface area (Å²) in [5.41, 5.74) is 2.07. The van der Waals surface area contributed by atoms with Crippen LogP contribution in [0, 0.1) is 0 Å². The van der Waals surface area contributed by atoms with Crippen molar-refractivity contribution in [3.63, 3.8) is 0 Å². The molecule has 0 aromatic heterocycles. The van der Waals surface area contributed by atoms with Gasteiger partial charge in [-0.15, -0.1) is 0 Å². The second kappa shape index (κ2) is 11.6. The number of nitrogens with one attached hydrogen (secondary N) is 1. The van der Waals surface area contributed by atoms with Gasteiger partial charge < -0.3 is 14.8 Å². The van der Waals surface area contributed by atoms with Gasteiger partial charge in [0.05, 0.1) is 0 Å². The highest BCUT2D eigenvalue weighted by Crippen LogP contribution is 2.22. The van der Waals surface area contributed by atoms with Gasteiger partial charge in [0, 0.05) is 32.4 Å². The summed E-state index contributed by atoms with van der Waals surface area (Å²) in [5, 5.41) is 3.97. The molecule has 0 spiro atoms. The molecule has 0 atom stereocenters. The lowest BCUT2D eigenvalue weighted by atomic mass is 10.2. The number of carbonyl (C=O) groups excluding carboxylic acids is 2. The molecule has 0 saturated heterocycles. The quantitative estimate of drug-likeness (QED) is 0.292. The first-order chi connectivity index (χ1) is 15.4. The van der Waals surface area contributed by atoms with Crippen molar-refractivity contribution in [1.82, 2.24) is 0 Å². The number of amides is 1. The minimum absolute atomic E-state index is 0.352. The Morgan fingerprint density at radius 2 is 1.59 bits per heavy atom. The molecule has 0 radical (unpaired) electrons. The fraction of sp³-hybridized carbons (Fsp3) is 0.0833. The van der Waals surface area contributed by atoms with Gasteiger partial charge in [-0.05, 0) is 48.0 Å². The van der Waals surface area contributed by atoms with Gasteiger partial charge in [-0.3, -0.25) is 4.79 Å². The number of rotatable bonds is 8. The third kappa shape index (κ3) is 7.61. The van der Waals surface area contributed by atoms with E-state index >= 15 is 0 Å². The van der Waals surface area contributed by atoms with E-state index < -0.39 is 18.5 Å². The zero-order valence-corrected chi connectivity index (χ0v) is 19.0. The normalized spacial score (nSPS) is 10.7. The van der Waals surface area contributed by atoms with Gasteiger partial charge in [-0.25, -0.2) is 4.79 Å². The van der Waals surface area contributed by atoms with Crippen LogP contribution in [-0.2, 0) is 20.9 Å². The fourth-order valence-corrected chi connectivity index (χ4v) is 3.34. The zero-order valence-electron chi connectivity index (χ0n) is 16.7. The van der Waals surface area contributed by atoms with Crippen LogP contribution in [0.4, 0.5) is 5.69 Å². The van der Waals surface area contributed by atoms with Crippen LogP contribution in [0.25, 0.3) is 6.08 Å². The van der Waals surface area contributed by atoms with E-state index in [4.69, 9.17) is 44.3 Å². The number of hydrogen-bond donors (Lipinski definition) is 1. The minimum atomic E-state index is -0.650. The molecule has 1 N–H and O–H groups in total. The maximum absolute atomic E-state index is 11.9. The Bertz CT molecular complexity index is 1110. The van der Waals surface area contributed by atoms with E-state index in [1.165, 1.54) is 18.2 Å². The number of benzene rings is 3. The molecule has 3 rings (SSSR count). The van der Waals surface area contributed by atoms with Crippen LogP contribution < -0.4 is 10.1 Å². The van der Waals surface area contributed by atoms with Crippen molar-refractivity contribution < 1.29 is 19.1 Å². The average molecular weight is 491 g/mol. The van der Waals surface area contributed by atoms with E-state index in [2.05, 4.69) is 5.32 Å². The van der Waals surface area contributed by atoms with E-state index in [0.29, 0.717) is 33.1 Å². The summed E-state index contributed by atoms with van der Waals surface area (Å²) in [6.07, 6.45) is 2.82. The van der Waals surface area contributed by atoms with Crippen molar-refractivity contribution in [2.75, 3.05) is 11.9 Å². The molecule has 0 unspecified atom stereocenters. The topological polar surface area (TPSA) is 64.6 Å². The molecule has 32 heavy (non-hydrogen) atoms. The Morgan fingerprint density at radius 1 is 0.906 bits per heavy atom. The van der Waals surface area contributed by atoms with E-state index in [1.807, 2.05) is 24.3 Å². The summed E-state index contributed by atoms with van der Waals surface area (Å²) in [7, 11) is 0. The number of anilines is 1. The fourth-order valence-electron chi connectivity index (χ4n) is 2.62. The van der Waals surface area contributed by atoms with Gasteiger partial charge in [-0.2, -0.15) is 0 Å². The molecule has 0 aliphatic rings. The van der Waals surface area contributed by atoms with Crippen molar-refractivity contribution in [3.05, 3.63) is 99.0 Å². The second-order valence-corrected chi connectivity index (χ2v) is 7.88. The molecule has 8 heteroatoms. The lowest BCUT2D eigenvalue weighted by molar-refractivity contribution is -0.142. The molecular formula is C24H18Cl3NO4. The summed E-state index contributed by atoms with van der Waals surface area (Å²) < 4.78 is 10.7. The van der Waals surface area contributed by atoms with E-state index in [9.17, 15) is 9.59 Å². The van der Waals surface area contributed by atoms with Gasteiger partial charge in [0.1, 0.15) is 12.4 Å². The predicted molar refractivity (Wildman–Crippen MR) is 127 cm³/mol. The Labute approximate surface area is 200 Å². The number of ether oxygens (including phenoxy) is 2. The van der Waals surface area contributed by atoms with E-state index in [-0.39, 0.29) is 0 Å². The SMILES string of the molecule is O=C(COC(=O)/C=C/c1ccc(OCc2ccccc2Cl)cc1)Nc1cc(Cl)cc(Cl)c1. The Morgan fingerprint density at radius 3 is 2.28 bits per heavy atom. The lowest BCUT2D eigenvalue weighted by Gasteiger charge is -2.08. The third-order valence-corrected chi connectivity index (χ3v) is 4.94. The number of esters is 1. The minimum Gasteiger partial charge on any atom is -0.489 e. The maximum atomic E-state index is 11.9. The van der Waals surface area contributed by atoms with Crippen molar-refractivity contribution in [2.45, 2.75) is 6.61 Å². The van der Waals surface area contributed by atoms with Crippen molar-refractivity contribution in [2.24, 2.45) is 0 Å². The molecule has 0 fully saturated rings. The number of carbonyl (C=O) groups is 2. The van der Waals surface area contributed by atoms with Crippen LogP contribution in [0.15, 0.2) is 72.8 Å². The Hall–Kier alpha value is -2.99. The lowest BCUT2D eigenvalue weighted by Crippen LogP contribution is -2.20. The van der Waals surface area contributed by atoms with Crippen molar-refractivity contribution in [3.8, 4) is 5.75 Å².